The molecule has 0 saturated carbocycles. The Labute approximate surface area is 111 Å². The van der Waals surface area contributed by atoms with Gasteiger partial charge in [-0.2, -0.15) is 0 Å². The first-order valence-corrected chi connectivity index (χ1v) is 6.55. The number of hydrogen-bond acceptors (Lipinski definition) is 3. The first-order valence-electron chi connectivity index (χ1n) is 6.14. The van der Waals surface area contributed by atoms with Crippen LogP contribution < -0.4 is 16.8 Å². The largest absolute Gasteiger partial charge is 0.347 e. The molecule has 18 heavy (non-hydrogen) atoms. The van der Waals surface area contributed by atoms with Crippen LogP contribution in [0.5, 0.6) is 0 Å². The number of nitrogens with zero attached hydrogens (tertiary/aromatic N) is 2. The molecular weight excluding hydrogens is 248 g/mol. The molecule has 0 amide bonds. The van der Waals surface area contributed by atoms with Crippen LogP contribution in [0.1, 0.15) is 18.0 Å². The quantitative estimate of drug-likeness (QED) is 0.393. The van der Waals surface area contributed by atoms with E-state index in [1.165, 1.54) is 0 Å². The van der Waals surface area contributed by atoms with Gasteiger partial charge < -0.3 is 14.9 Å². The number of hydrazine groups is 1. The lowest BCUT2D eigenvalue weighted by Crippen LogP contribution is -2.53. The van der Waals surface area contributed by atoms with Crippen LogP contribution in [-0.2, 0) is 6.54 Å². The van der Waals surface area contributed by atoms with Crippen LogP contribution in [0, 0.1) is 5.92 Å². The van der Waals surface area contributed by atoms with Crippen LogP contribution in [0.3, 0.4) is 0 Å². The Morgan fingerprint density at radius 2 is 2.22 bits per heavy atom. The van der Waals surface area contributed by atoms with Crippen molar-refractivity contribution in [3.05, 3.63) is 34.2 Å². The fraction of sp³-hybridized carbons (Fsp3) is 0.500. The summed E-state index contributed by atoms with van der Waals surface area (Å²) in [5.41, 5.74) is 3.78. The van der Waals surface area contributed by atoms with Crippen LogP contribution >= 0.6 is 12.2 Å². The third kappa shape index (κ3) is 1.81. The van der Waals surface area contributed by atoms with E-state index in [2.05, 4.69) is 10.3 Å². The van der Waals surface area contributed by atoms with E-state index in [0.29, 0.717) is 16.9 Å². The van der Waals surface area contributed by atoms with Crippen molar-refractivity contribution in [2.45, 2.75) is 18.9 Å². The van der Waals surface area contributed by atoms with Gasteiger partial charge in [-0.15, -0.1) is 0 Å². The van der Waals surface area contributed by atoms with Gasteiger partial charge in [-0.3, -0.25) is 4.79 Å². The van der Waals surface area contributed by atoms with Crippen molar-refractivity contribution in [2.75, 3.05) is 13.1 Å². The number of piperidine rings is 1. The highest BCUT2D eigenvalue weighted by Crippen LogP contribution is 2.34. The summed E-state index contributed by atoms with van der Waals surface area (Å²) in [6.45, 7) is 2.50. The number of aromatic nitrogens is 1. The van der Waals surface area contributed by atoms with Crippen molar-refractivity contribution < 1.29 is 0 Å². The molecule has 2 aliphatic heterocycles. The van der Waals surface area contributed by atoms with Gasteiger partial charge in [0.1, 0.15) is 0 Å². The average molecular weight is 264 g/mol. The SMILES string of the molecule is NNC(=S)N1CC2CC(C1)c1cccc(=O)n1C2. The Kier molecular flexibility index (Phi) is 2.83. The molecule has 6 heteroatoms. The van der Waals surface area contributed by atoms with Gasteiger partial charge in [0.2, 0.25) is 0 Å². The predicted octanol–water partition coefficient (Wildman–Crippen LogP) is 0.0156. The summed E-state index contributed by atoms with van der Waals surface area (Å²) < 4.78 is 1.91. The number of likely N-dealkylation sites (tertiary alicyclic amines) is 1. The topological polar surface area (TPSA) is 63.3 Å². The second-order valence-electron chi connectivity index (χ2n) is 5.05. The summed E-state index contributed by atoms with van der Waals surface area (Å²) in [6, 6.07) is 5.52. The molecule has 3 heterocycles. The fourth-order valence-electron chi connectivity index (χ4n) is 3.15. The first-order chi connectivity index (χ1) is 8.69. The van der Waals surface area contributed by atoms with Crippen molar-refractivity contribution in [2.24, 2.45) is 11.8 Å². The molecular formula is C12H16N4OS. The predicted molar refractivity (Wildman–Crippen MR) is 73.0 cm³/mol. The Morgan fingerprint density at radius 3 is 3.00 bits per heavy atom. The molecule has 2 bridgehead atoms. The highest BCUT2D eigenvalue weighted by molar-refractivity contribution is 7.80. The second kappa shape index (κ2) is 4.37. The van der Waals surface area contributed by atoms with Crippen molar-refractivity contribution >= 4 is 17.3 Å². The molecule has 0 radical (unpaired) electrons. The molecule has 2 unspecified atom stereocenters. The maximum atomic E-state index is 11.9. The smallest absolute Gasteiger partial charge is 0.250 e. The van der Waals surface area contributed by atoms with Gasteiger partial charge >= 0.3 is 0 Å². The van der Waals surface area contributed by atoms with Crippen LogP contribution in [0.15, 0.2) is 23.0 Å². The molecule has 0 aliphatic carbocycles. The Balaban J connectivity index is 1.95. The lowest BCUT2D eigenvalue weighted by atomic mass is 9.83. The molecule has 2 atom stereocenters. The van der Waals surface area contributed by atoms with Crippen LogP contribution in [-0.4, -0.2) is 27.7 Å². The van der Waals surface area contributed by atoms with Crippen molar-refractivity contribution in [1.29, 1.82) is 0 Å². The van der Waals surface area contributed by atoms with Crippen LogP contribution in [0.25, 0.3) is 0 Å². The van der Waals surface area contributed by atoms with E-state index in [1.807, 2.05) is 16.7 Å². The minimum atomic E-state index is 0.107. The highest BCUT2D eigenvalue weighted by atomic mass is 32.1. The van der Waals surface area contributed by atoms with Gasteiger partial charge in [0, 0.05) is 37.3 Å². The number of thiocarbonyl (C=S) groups is 1. The second-order valence-corrected chi connectivity index (χ2v) is 5.44. The van der Waals surface area contributed by atoms with E-state index >= 15 is 0 Å². The number of rotatable bonds is 0. The number of pyridine rings is 1. The van der Waals surface area contributed by atoms with E-state index in [0.717, 1.165) is 31.7 Å². The molecule has 5 nitrogen and oxygen atoms in total. The zero-order chi connectivity index (χ0) is 12.7. The van der Waals surface area contributed by atoms with Gasteiger partial charge in [-0.1, -0.05) is 6.07 Å². The minimum Gasteiger partial charge on any atom is -0.347 e. The van der Waals surface area contributed by atoms with Gasteiger partial charge in [-0.05, 0) is 30.6 Å². The number of nitrogens with two attached hydrogens (primary N) is 1. The molecule has 1 aromatic rings. The lowest BCUT2D eigenvalue weighted by molar-refractivity contribution is 0.177. The molecule has 1 fully saturated rings. The third-order valence-electron chi connectivity index (χ3n) is 3.89. The van der Waals surface area contributed by atoms with Gasteiger partial charge in [0.15, 0.2) is 5.11 Å². The molecule has 3 N–H and O–H groups in total. The monoisotopic (exact) mass is 264 g/mol. The Hall–Kier alpha value is -1.40. The molecule has 3 rings (SSSR count). The maximum absolute atomic E-state index is 11.9. The summed E-state index contributed by atoms with van der Waals surface area (Å²) in [6.07, 6.45) is 1.13. The molecule has 0 aromatic carbocycles. The molecule has 0 spiro atoms. The standard InChI is InChI=1S/C12H16N4OS/c13-14-12(18)15-5-8-4-9(7-15)10-2-1-3-11(17)16(10)6-8/h1-3,8-9H,4-7,13H2,(H,14,18). The first kappa shape index (κ1) is 11.7. The molecule has 2 aliphatic rings. The van der Waals surface area contributed by atoms with Crippen LogP contribution in [0.2, 0.25) is 0 Å². The van der Waals surface area contributed by atoms with E-state index < -0.39 is 0 Å². The third-order valence-corrected chi connectivity index (χ3v) is 4.27. The summed E-state index contributed by atoms with van der Waals surface area (Å²) >= 11 is 5.20. The van der Waals surface area contributed by atoms with Crippen molar-refractivity contribution in [1.82, 2.24) is 14.9 Å². The zero-order valence-electron chi connectivity index (χ0n) is 10.0. The Morgan fingerprint density at radius 1 is 1.39 bits per heavy atom. The van der Waals surface area contributed by atoms with Gasteiger partial charge in [0.25, 0.3) is 5.56 Å². The number of hydrogen-bond donors (Lipinski definition) is 2. The summed E-state index contributed by atoms with van der Waals surface area (Å²) in [5.74, 6) is 6.23. The number of nitrogens with one attached hydrogen (secondary N) is 1. The molecule has 1 saturated heterocycles. The van der Waals surface area contributed by atoms with Gasteiger partial charge in [0.05, 0.1) is 0 Å². The normalized spacial score (nSPS) is 25.5. The summed E-state index contributed by atoms with van der Waals surface area (Å²) in [7, 11) is 0. The average Bonchev–Trinajstić information content (AvgIpc) is 2.39. The Bertz CT molecular complexity index is 541. The minimum absolute atomic E-state index is 0.107. The van der Waals surface area contributed by atoms with Crippen molar-refractivity contribution in [3.8, 4) is 0 Å². The van der Waals surface area contributed by atoms with Gasteiger partial charge in [-0.25, -0.2) is 5.84 Å². The van der Waals surface area contributed by atoms with E-state index in [-0.39, 0.29) is 5.56 Å². The van der Waals surface area contributed by atoms with E-state index in [1.54, 1.807) is 6.07 Å². The number of fused-ring (bicyclic) bond motifs is 4. The summed E-state index contributed by atoms with van der Waals surface area (Å²) in [4.78, 5) is 14.0. The lowest BCUT2D eigenvalue weighted by Gasteiger charge is -2.43. The molecule has 96 valence electrons. The summed E-state index contributed by atoms with van der Waals surface area (Å²) in [5, 5.41) is 0.594. The van der Waals surface area contributed by atoms with E-state index in [9.17, 15) is 4.79 Å². The zero-order valence-corrected chi connectivity index (χ0v) is 10.8. The molecule has 1 aromatic heterocycles. The fourth-order valence-corrected chi connectivity index (χ4v) is 3.30. The highest BCUT2D eigenvalue weighted by Gasteiger charge is 2.35. The van der Waals surface area contributed by atoms with E-state index in [4.69, 9.17) is 18.1 Å². The van der Waals surface area contributed by atoms with Crippen molar-refractivity contribution in [3.63, 3.8) is 0 Å². The maximum Gasteiger partial charge on any atom is 0.250 e. The van der Waals surface area contributed by atoms with Crippen LogP contribution in [0.4, 0.5) is 0 Å².